The number of rotatable bonds is 2. The number of nitroso groups, excluding NO2 is 1. The van der Waals surface area contributed by atoms with Crippen molar-refractivity contribution in [1.82, 2.24) is 0 Å². The Bertz CT molecular complexity index is 62.7. The van der Waals surface area contributed by atoms with E-state index in [-0.39, 0.29) is 12.1 Å². The second kappa shape index (κ2) is 2.69. The van der Waals surface area contributed by atoms with Gasteiger partial charge in [-0.1, -0.05) is 5.18 Å². The summed E-state index contributed by atoms with van der Waals surface area (Å²) < 4.78 is 0. The third kappa shape index (κ3) is 2.28. The van der Waals surface area contributed by atoms with Gasteiger partial charge in [0.1, 0.15) is 6.04 Å². The van der Waals surface area contributed by atoms with Crippen LogP contribution in [0.1, 0.15) is 13.8 Å². The molecular weight excluding hydrogens is 92.1 g/mol. The highest BCUT2D eigenvalue weighted by Gasteiger charge is 2.03. The van der Waals surface area contributed by atoms with E-state index in [0.717, 1.165) is 0 Å². The molecule has 3 nitrogen and oxygen atoms in total. The van der Waals surface area contributed by atoms with E-state index < -0.39 is 0 Å². The van der Waals surface area contributed by atoms with Crippen LogP contribution in [0.2, 0.25) is 0 Å². The number of hydrogen-bond acceptors (Lipinski definition) is 3. The van der Waals surface area contributed by atoms with Crippen LogP contribution in [-0.2, 0) is 0 Å². The zero-order chi connectivity index (χ0) is 5.86. The molecular formula is C4H10N2O. The van der Waals surface area contributed by atoms with Crippen LogP contribution < -0.4 is 5.73 Å². The van der Waals surface area contributed by atoms with E-state index in [0.29, 0.717) is 0 Å². The first-order valence-corrected chi connectivity index (χ1v) is 2.26. The largest absolute Gasteiger partial charge is 0.326 e. The van der Waals surface area contributed by atoms with Crippen molar-refractivity contribution in [2.24, 2.45) is 10.9 Å². The number of hydrogen-bond donors (Lipinski definition) is 1. The van der Waals surface area contributed by atoms with Gasteiger partial charge in [-0.3, -0.25) is 0 Å². The van der Waals surface area contributed by atoms with Gasteiger partial charge in [-0.2, -0.15) is 4.91 Å². The maximum atomic E-state index is 9.62. The molecule has 0 aliphatic carbocycles. The second-order valence-corrected chi connectivity index (χ2v) is 1.71. The molecule has 0 aromatic rings. The Morgan fingerprint density at radius 2 is 2.00 bits per heavy atom. The van der Waals surface area contributed by atoms with Crippen molar-refractivity contribution >= 4 is 0 Å². The maximum Gasteiger partial charge on any atom is 0.104 e. The average Bonchev–Trinajstić information content (AvgIpc) is 1.65. The second-order valence-electron chi connectivity index (χ2n) is 1.71. The fourth-order valence-corrected chi connectivity index (χ4v) is 0.0960. The van der Waals surface area contributed by atoms with Crippen molar-refractivity contribution in [3.63, 3.8) is 0 Å². The van der Waals surface area contributed by atoms with Gasteiger partial charge in [0, 0.05) is 6.04 Å². The summed E-state index contributed by atoms with van der Waals surface area (Å²) in [4.78, 5) is 9.62. The van der Waals surface area contributed by atoms with Gasteiger partial charge < -0.3 is 5.73 Å². The molecule has 7 heavy (non-hydrogen) atoms. The van der Waals surface area contributed by atoms with Crippen molar-refractivity contribution in [2.75, 3.05) is 0 Å². The molecule has 0 spiro atoms. The van der Waals surface area contributed by atoms with Gasteiger partial charge >= 0.3 is 0 Å². The van der Waals surface area contributed by atoms with Gasteiger partial charge in [0.15, 0.2) is 0 Å². The summed E-state index contributed by atoms with van der Waals surface area (Å²) in [5.41, 5.74) is 5.25. The quantitative estimate of drug-likeness (QED) is 0.516. The van der Waals surface area contributed by atoms with Crippen LogP contribution in [0.5, 0.6) is 0 Å². The van der Waals surface area contributed by atoms with E-state index in [2.05, 4.69) is 5.18 Å². The molecule has 0 saturated carbocycles. The van der Waals surface area contributed by atoms with Crippen LogP contribution in [0.4, 0.5) is 0 Å². The summed E-state index contributed by atoms with van der Waals surface area (Å²) in [6, 6.07) is -0.363. The summed E-state index contributed by atoms with van der Waals surface area (Å²) in [6.45, 7) is 3.45. The SMILES string of the molecule is CC(N)C(C)N=O. The van der Waals surface area contributed by atoms with Crippen LogP contribution in [0.3, 0.4) is 0 Å². The minimum atomic E-state index is -0.250. The van der Waals surface area contributed by atoms with Gasteiger partial charge in [0.05, 0.1) is 0 Å². The molecule has 0 bridgehead atoms. The van der Waals surface area contributed by atoms with Gasteiger partial charge in [0.2, 0.25) is 0 Å². The molecule has 2 N–H and O–H groups in total. The predicted octanol–water partition coefficient (Wildman–Crippen LogP) is 0.488. The lowest BCUT2D eigenvalue weighted by atomic mass is 10.2. The molecule has 0 rings (SSSR count). The topological polar surface area (TPSA) is 55.4 Å². The molecule has 0 radical (unpaired) electrons. The molecule has 2 unspecified atom stereocenters. The summed E-state index contributed by atoms with van der Waals surface area (Å²) in [5.74, 6) is 0. The van der Waals surface area contributed by atoms with Crippen molar-refractivity contribution in [3.05, 3.63) is 4.91 Å². The normalized spacial score (nSPS) is 18.1. The third-order valence-electron chi connectivity index (χ3n) is 0.927. The molecule has 0 amide bonds. The Kier molecular flexibility index (Phi) is 2.52. The smallest absolute Gasteiger partial charge is 0.104 e. The Labute approximate surface area is 42.9 Å². The molecule has 0 heterocycles. The highest BCUT2D eigenvalue weighted by atomic mass is 16.3. The van der Waals surface area contributed by atoms with E-state index in [1.807, 2.05) is 0 Å². The monoisotopic (exact) mass is 102 g/mol. The Morgan fingerprint density at radius 3 is 2.00 bits per heavy atom. The van der Waals surface area contributed by atoms with Crippen molar-refractivity contribution in [3.8, 4) is 0 Å². The summed E-state index contributed by atoms with van der Waals surface area (Å²) >= 11 is 0. The molecule has 3 heteroatoms. The first kappa shape index (κ1) is 6.56. The lowest BCUT2D eigenvalue weighted by Gasteiger charge is -2.03. The first-order chi connectivity index (χ1) is 3.18. The van der Waals surface area contributed by atoms with Crippen molar-refractivity contribution in [1.29, 1.82) is 0 Å². The summed E-state index contributed by atoms with van der Waals surface area (Å²) in [5, 5.41) is 2.71. The van der Waals surface area contributed by atoms with Crippen LogP contribution >= 0.6 is 0 Å². The Balaban J connectivity index is 3.33. The molecule has 0 aromatic carbocycles. The van der Waals surface area contributed by atoms with Crippen LogP contribution in [0.25, 0.3) is 0 Å². The van der Waals surface area contributed by atoms with Gasteiger partial charge in [-0.05, 0) is 13.8 Å². The van der Waals surface area contributed by atoms with Gasteiger partial charge in [-0.15, -0.1) is 0 Å². The molecule has 42 valence electrons. The Hall–Kier alpha value is -0.440. The van der Waals surface area contributed by atoms with Crippen LogP contribution in [0.15, 0.2) is 5.18 Å². The van der Waals surface area contributed by atoms with Gasteiger partial charge in [0.25, 0.3) is 0 Å². The van der Waals surface area contributed by atoms with Crippen molar-refractivity contribution in [2.45, 2.75) is 25.9 Å². The van der Waals surface area contributed by atoms with Crippen molar-refractivity contribution < 1.29 is 0 Å². The minimum Gasteiger partial charge on any atom is -0.326 e. The highest BCUT2D eigenvalue weighted by molar-refractivity contribution is 4.67. The molecule has 0 aliphatic heterocycles. The minimum absolute atomic E-state index is 0.113. The fourth-order valence-electron chi connectivity index (χ4n) is 0.0960. The zero-order valence-electron chi connectivity index (χ0n) is 4.59. The van der Waals surface area contributed by atoms with Gasteiger partial charge in [-0.25, -0.2) is 0 Å². The van der Waals surface area contributed by atoms with E-state index in [4.69, 9.17) is 5.73 Å². The van der Waals surface area contributed by atoms with Crippen LogP contribution in [-0.4, -0.2) is 12.1 Å². The summed E-state index contributed by atoms with van der Waals surface area (Å²) in [6.07, 6.45) is 0. The standard InChI is InChI=1S/C4H10N2O/c1-3(5)4(2)6-7/h3-4H,5H2,1-2H3. The lowest BCUT2D eigenvalue weighted by molar-refractivity contribution is 0.602. The molecule has 2 atom stereocenters. The Morgan fingerprint density at radius 1 is 1.57 bits per heavy atom. The maximum absolute atomic E-state index is 9.62. The first-order valence-electron chi connectivity index (χ1n) is 2.26. The summed E-state index contributed by atoms with van der Waals surface area (Å²) in [7, 11) is 0. The number of nitrogens with two attached hydrogens (primary N) is 1. The number of nitrogens with zero attached hydrogens (tertiary/aromatic N) is 1. The third-order valence-corrected chi connectivity index (χ3v) is 0.927. The molecule has 0 aliphatic rings. The van der Waals surface area contributed by atoms with E-state index in [1.165, 1.54) is 0 Å². The van der Waals surface area contributed by atoms with E-state index >= 15 is 0 Å². The molecule has 0 fully saturated rings. The van der Waals surface area contributed by atoms with E-state index in [1.54, 1.807) is 13.8 Å². The average molecular weight is 102 g/mol. The van der Waals surface area contributed by atoms with E-state index in [9.17, 15) is 4.91 Å². The van der Waals surface area contributed by atoms with Crippen LogP contribution in [0, 0.1) is 4.91 Å². The lowest BCUT2D eigenvalue weighted by Crippen LogP contribution is -2.26. The highest BCUT2D eigenvalue weighted by Crippen LogP contribution is 1.90. The fraction of sp³-hybridized carbons (Fsp3) is 1.00. The molecule has 0 aromatic heterocycles. The zero-order valence-corrected chi connectivity index (χ0v) is 4.59. The predicted molar refractivity (Wildman–Crippen MR) is 28.9 cm³/mol. The molecule has 0 saturated heterocycles.